The van der Waals surface area contributed by atoms with Crippen LogP contribution >= 0.6 is 0 Å². The van der Waals surface area contributed by atoms with Gasteiger partial charge in [0.1, 0.15) is 5.82 Å². The molecule has 3 heteroatoms. The van der Waals surface area contributed by atoms with Crippen LogP contribution < -0.4 is 0 Å². The summed E-state index contributed by atoms with van der Waals surface area (Å²) >= 11 is 0. The molecule has 80 valence electrons. The number of hydrogen-bond donors (Lipinski definition) is 0. The Kier molecular flexibility index (Phi) is 2.25. The molecule has 0 saturated heterocycles. The van der Waals surface area contributed by atoms with Gasteiger partial charge in [0.15, 0.2) is 0 Å². The number of carbonyl (C=O) groups excluding carboxylic acids is 1. The summed E-state index contributed by atoms with van der Waals surface area (Å²) in [6.07, 6.45) is 2.03. The summed E-state index contributed by atoms with van der Waals surface area (Å²) in [5, 5.41) is 0. The zero-order valence-electron chi connectivity index (χ0n) is 8.84. The highest BCUT2D eigenvalue weighted by atomic mass is 19.1. The predicted molar refractivity (Wildman–Crippen MR) is 54.3 cm³/mol. The second kappa shape index (κ2) is 3.33. The van der Waals surface area contributed by atoms with Crippen LogP contribution in [0, 0.1) is 5.82 Å². The van der Waals surface area contributed by atoms with E-state index >= 15 is 0 Å². The molecule has 0 bridgehead atoms. The predicted octanol–water partition coefficient (Wildman–Crippen LogP) is 2.66. The normalized spacial score (nSPS) is 17.3. The molecule has 1 saturated carbocycles. The molecule has 0 aromatic heterocycles. The number of hydrogen-bond acceptors (Lipinski definition) is 2. The highest BCUT2D eigenvalue weighted by Gasteiger charge is 2.41. The van der Waals surface area contributed by atoms with Gasteiger partial charge in [0.25, 0.3) is 0 Å². The second-order valence-electron chi connectivity index (χ2n) is 4.25. The molecule has 0 radical (unpaired) electrons. The van der Waals surface area contributed by atoms with E-state index in [-0.39, 0.29) is 16.8 Å². The number of ether oxygens (including phenoxy) is 1. The number of halogens is 1. The Morgan fingerprint density at radius 3 is 2.60 bits per heavy atom. The molecule has 0 N–H and O–H groups in total. The summed E-state index contributed by atoms with van der Waals surface area (Å²) in [6.45, 7) is 2.03. The lowest BCUT2D eigenvalue weighted by Crippen LogP contribution is -2.07. The van der Waals surface area contributed by atoms with Crippen molar-refractivity contribution in [1.29, 1.82) is 0 Å². The van der Waals surface area contributed by atoms with Gasteiger partial charge in [-0.3, -0.25) is 0 Å². The fourth-order valence-electron chi connectivity index (χ4n) is 1.71. The lowest BCUT2D eigenvalue weighted by atomic mass is 9.96. The molecule has 1 fully saturated rings. The number of rotatable bonds is 2. The number of esters is 1. The van der Waals surface area contributed by atoms with Gasteiger partial charge in [-0.25, -0.2) is 9.18 Å². The zero-order chi connectivity index (χ0) is 11.1. The van der Waals surface area contributed by atoms with Crippen LogP contribution in [0.25, 0.3) is 0 Å². The van der Waals surface area contributed by atoms with E-state index in [1.54, 1.807) is 12.1 Å². The van der Waals surface area contributed by atoms with Gasteiger partial charge in [0.05, 0.1) is 12.7 Å². The highest BCUT2D eigenvalue weighted by Crippen LogP contribution is 2.48. The first-order valence-electron chi connectivity index (χ1n) is 4.95. The Bertz CT molecular complexity index is 408. The molecule has 0 heterocycles. The van der Waals surface area contributed by atoms with Crippen molar-refractivity contribution >= 4 is 5.97 Å². The van der Waals surface area contributed by atoms with E-state index < -0.39 is 5.97 Å². The highest BCUT2D eigenvalue weighted by molar-refractivity contribution is 5.89. The Hall–Kier alpha value is -1.38. The van der Waals surface area contributed by atoms with Crippen LogP contribution in [0.15, 0.2) is 18.2 Å². The Labute approximate surface area is 88.1 Å². The van der Waals surface area contributed by atoms with E-state index in [1.807, 2.05) is 6.92 Å². The molecule has 0 spiro atoms. The van der Waals surface area contributed by atoms with Crippen LogP contribution in [0.3, 0.4) is 0 Å². The summed E-state index contributed by atoms with van der Waals surface area (Å²) in [4.78, 5) is 11.2. The van der Waals surface area contributed by atoms with E-state index in [2.05, 4.69) is 4.74 Å². The van der Waals surface area contributed by atoms with E-state index in [0.29, 0.717) is 5.56 Å². The molecule has 0 aliphatic heterocycles. The topological polar surface area (TPSA) is 26.3 Å². The maximum atomic E-state index is 13.7. The van der Waals surface area contributed by atoms with Crippen molar-refractivity contribution in [3.63, 3.8) is 0 Å². The Balaban J connectivity index is 2.35. The molecule has 0 atom stereocenters. The van der Waals surface area contributed by atoms with Crippen molar-refractivity contribution in [3.8, 4) is 0 Å². The Morgan fingerprint density at radius 1 is 1.47 bits per heavy atom. The van der Waals surface area contributed by atoms with Crippen molar-refractivity contribution in [1.82, 2.24) is 0 Å². The monoisotopic (exact) mass is 208 g/mol. The van der Waals surface area contributed by atoms with E-state index in [9.17, 15) is 9.18 Å². The van der Waals surface area contributed by atoms with Crippen LogP contribution in [0.4, 0.5) is 4.39 Å². The van der Waals surface area contributed by atoms with Gasteiger partial charge >= 0.3 is 5.97 Å². The summed E-state index contributed by atoms with van der Waals surface area (Å²) < 4.78 is 18.2. The Morgan fingerprint density at radius 2 is 2.13 bits per heavy atom. The fraction of sp³-hybridized carbons (Fsp3) is 0.417. The number of carbonyl (C=O) groups is 1. The lowest BCUT2D eigenvalue weighted by molar-refractivity contribution is 0.0600. The van der Waals surface area contributed by atoms with E-state index in [4.69, 9.17) is 0 Å². The summed E-state index contributed by atoms with van der Waals surface area (Å²) in [5.74, 6) is -0.806. The molecule has 2 rings (SSSR count). The molecule has 1 aromatic rings. The summed E-state index contributed by atoms with van der Waals surface area (Å²) in [5.41, 5.74) is 0.955. The van der Waals surface area contributed by atoms with Crippen LogP contribution in [0.1, 0.15) is 35.7 Å². The van der Waals surface area contributed by atoms with E-state index in [0.717, 1.165) is 12.8 Å². The third kappa shape index (κ3) is 1.74. The molecule has 15 heavy (non-hydrogen) atoms. The van der Waals surface area contributed by atoms with Crippen LogP contribution in [-0.4, -0.2) is 13.1 Å². The van der Waals surface area contributed by atoms with Crippen molar-refractivity contribution in [2.45, 2.75) is 25.2 Å². The third-order valence-corrected chi connectivity index (χ3v) is 3.04. The first-order valence-corrected chi connectivity index (χ1v) is 4.95. The minimum Gasteiger partial charge on any atom is -0.465 e. The summed E-state index contributed by atoms with van der Waals surface area (Å²) in [6, 6.07) is 4.56. The number of methoxy groups -OCH3 is 1. The fourth-order valence-corrected chi connectivity index (χ4v) is 1.71. The van der Waals surface area contributed by atoms with Gasteiger partial charge in [-0.2, -0.15) is 0 Å². The van der Waals surface area contributed by atoms with Gasteiger partial charge in [-0.1, -0.05) is 13.0 Å². The van der Waals surface area contributed by atoms with Crippen molar-refractivity contribution < 1.29 is 13.9 Å². The minimum absolute atomic E-state index is 0.0151. The molecule has 2 nitrogen and oxygen atoms in total. The third-order valence-electron chi connectivity index (χ3n) is 3.04. The van der Waals surface area contributed by atoms with Crippen molar-refractivity contribution in [2.75, 3.05) is 7.11 Å². The summed E-state index contributed by atoms with van der Waals surface area (Å²) in [7, 11) is 1.29. The zero-order valence-corrected chi connectivity index (χ0v) is 8.84. The first kappa shape index (κ1) is 10.1. The molecular weight excluding hydrogens is 195 g/mol. The first-order chi connectivity index (χ1) is 7.07. The molecule has 1 aliphatic carbocycles. The van der Waals surface area contributed by atoms with Crippen LogP contribution in [-0.2, 0) is 10.2 Å². The smallest absolute Gasteiger partial charge is 0.337 e. The molecule has 0 amide bonds. The number of benzene rings is 1. The molecule has 1 aromatic carbocycles. The average molecular weight is 208 g/mol. The maximum absolute atomic E-state index is 13.7. The second-order valence-corrected chi connectivity index (χ2v) is 4.25. The largest absolute Gasteiger partial charge is 0.465 e. The standard InChI is InChI=1S/C12H13FO2/c1-12(5-6-12)9-4-3-8(7-10(9)13)11(14)15-2/h3-4,7H,5-6H2,1-2H3. The van der Waals surface area contributed by atoms with Gasteiger partial charge in [0, 0.05) is 0 Å². The van der Waals surface area contributed by atoms with Gasteiger partial charge in [-0.05, 0) is 36.0 Å². The van der Waals surface area contributed by atoms with Gasteiger partial charge < -0.3 is 4.74 Å². The SMILES string of the molecule is COC(=O)c1ccc(C2(C)CC2)c(F)c1. The lowest BCUT2D eigenvalue weighted by Gasteiger charge is -2.10. The maximum Gasteiger partial charge on any atom is 0.337 e. The minimum atomic E-state index is -0.499. The quantitative estimate of drug-likeness (QED) is 0.698. The molecular formula is C12H13FO2. The van der Waals surface area contributed by atoms with Crippen LogP contribution in [0.5, 0.6) is 0 Å². The molecule has 0 unspecified atom stereocenters. The molecule has 1 aliphatic rings. The van der Waals surface area contributed by atoms with Gasteiger partial charge in [0.2, 0.25) is 0 Å². The average Bonchev–Trinajstić information content (AvgIpc) is 2.96. The van der Waals surface area contributed by atoms with Gasteiger partial charge in [-0.15, -0.1) is 0 Å². The van der Waals surface area contributed by atoms with Crippen molar-refractivity contribution in [2.24, 2.45) is 0 Å². The van der Waals surface area contributed by atoms with Crippen LogP contribution in [0.2, 0.25) is 0 Å². The van der Waals surface area contributed by atoms with Crippen molar-refractivity contribution in [3.05, 3.63) is 35.1 Å². The van der Waals surface area contributed by atoms with E-state index in [1.165, 1.54) is 13.2 Å².